The van der Waals surface area contributed by atoms with Crippen molar-refractivity contribution in [3.63, 3.8) is 0 Å². The highest BCUT2D eigenvalue weighted by atomic mass is 16.2. The molecule has 0 bridgehead atoms. The van der Waals surface area contributed by atoms with E-state index >= 15 is 0 Å². The second-order valence-corrected chi connectivity index (χ2v) is 4.98. The molecule has 2 aromatic heterocycles. The van der Waals surface area contributed by atoms with Gasteiger partial charge in [0.05, 0.1) is 6.54 Å². The monoisotopic (exact) mass is 284 g/mol. The van der Waals surface area contributed by atoms with Gasteiger partial charge in [0.2, 0.25) is 5.91 Å². The van der Waals surface area contributed by atoms with E-state index in [1.54, 1.807) is 24.8 Å². The van der Waals surface area contributed by atoms with Crippen molar-refractivity contribution in [1.82, 2.24) is 20.2 Å². The molecule has 2 rings (SSSR count). The molecule has 0 aliphatic heterocycles. The molecule has 0 aliphatic rings. The van der Waals surface area contributed by atoms with Crippen LogP contribution in [0, 0.1) is 0 Å². The maximum absolute atomic E-state index is 11.9. The van der Waals surface area contributed by atoms with Gasteiger partial charge in [-0.25, -0.2) is 0 Å². The number of nitrogens with zero attached hydrogens (tertiary/aromatic N) is 3. The van der Waals surface area contributed by atoms with Gasteiger partial charge in [0, 0.05) is 37.9 Å². The molecular formula is C16H20N4O. The number of hydrogen-bond acceptors (Lipinski definition) is 4. The number of likely N-dealkylation sites (N-methyl/N-ethyl adjacent to an activating group) is 1. The third-order valence-electron chi connectivity index (χ3n) is 3.16. The maximum Gasteiger partial charge on any atom is 0.234 e. The number of carbonyl (C=O) groups excluding carboxylic acids is 1. The van der Waals surface area contributed by atoms with Crippen LogP contribution in [-0.2, 0) is 17.8 Å². The fourth-order valence-electron chi connectivity index (χ4n) is 1.95. The average Bonchev–Trinajstić information content (AvgIpc) is 2.53. The molecule has 0 atom stereocenters. The minimum Gasteiger partial charge on any atom is -0.351 e. The summed E-state index contributed by atoms with van der Waals surface area (Å²) >= 11 is 0. The lowest BCUT2D eigenvalue weighted by Crippen LogP contribution is -2.35. The second-order valence-electron chi connectivity index (χ2n) is 4.98. The summed E-state index contributed by atoms with van der Waals surface area (Å²) in [5, 5.41) is 2.90. The smallest absolute Gasteiger partial charge is 0.234 e. The van der Waals surface area contributed by atoms with Gasteiger partial charge in [-0.05, 0) is 42.8 Å². The summed E-state index contributed by atoms with van der Waals surface area (Å²) in [6.07, 6.45) is 7.96. The van der Waals surface area contributed by atoms with Gasteiger partial charge in [0.15, 0.2) is 0 Å². The van der Waals surface area contributed by atoms with Gasteiger partial charge < -0.3 is 5.32 Å². The Balaban J connectivity index is 1.67. The molecule has 2 heterocycles. The number of nitrogens with one attached hydrogen (secondary N) is 1. The Labute approximate surface area is 125 Å². The Bertz CT molecular complexity index is 545. The van der Waals surface area contributed by atoms with Crippen molar-refractivity contribution >= 4 is 5.91 Å². The van der Waals surface area contributed by atoms with Crippen molar-refractivity contribution < 1.29 is 4.79 Å². The Morgan fingerprint density at radius 2 is 1.95 bits per heavy atom. The predicted octanol–water partition coefficient (Wildman–Crippen LogP) is 1.27. The highest BCUT2D eigenvalue weighted by Gasteiger charge is 2.06. The van der Waals surface area contributed by atoms with E-state index in [0.717, 1.165) is 18.5 Å². The third kappa shape index (κ3) is 5.71. The van der Waals surface area contributed by atoms with Crippen LogP contribution in [0.4, 0.5) is 0 Å². The Kier molecular flexibility index (Phi) is 5.84. The van der Waals surface area contributed by atoms with Crippen LogP contribution in [0.2, 0.25) is 0 Å². The van der Waals surface area contributed by atoms with E-state index in [9.17, 15) is 4.79 Å². The molecule has 5 heteroatoms. The normalized spacial score (nSPS) is 10.6. The van der Waals surface area contributed by atoms with E-state index in [1.807, 2.05) is 36.2 Å². The number of amides is 1. The number of carbonyl (C=O) groups is 1. The van der Waals surface area contributed by atoms with Crippen LogP contribution in [-0.4, -0.2) is 40.9 Å². The minimum atomic E-state index is 0.0241. The van der Waals surface area contributed by atoms with Crippen LogP contribution in [0.15, 0.2) is 49.1 Å². The van der Waals surface area contributed by atoms with Crippen LogP contribution in [0.25, 0.3) is 0 Å². The zero-order chi connectivity index (χ0) is 14.9. The van der Waals surface area contributed by atoms with Gasteiger partial charge in [0.1, 0.15) is 0 Å². The lowest BCUT2D eigenvalue weighted by molar-refractivity contribution is -0.122. The molecule has 0 aromatic carbocycles. The standard InChI is InChI=1S/C16H20N4O/c1-20(10-6-14-4-8-17-9-5-14)13-16(21)19-12-15-3-2-7-18-11-15/h2-5,7-9,11H,6,10,12-13H2,1H3,(H,19,21). The van der Waals surface area contributed by atoms with Gasteiger partial charge in [-0.3, -0.25) is 19.7 Å². The van der Waals surface area contributed by atoms with Crippen LogP contribution < -0.4 is 5.32 Å². The average molecular weight is 284 g/mol. The summed E-state index contributed by atoms with van der Waals surface area (Å²) in [5.74, 6) is 0.0241. The first-order valence-electron chi connectivity index (χ1n) is 6.97. The molecule has 0 aliphatic carbocycles. The molecule has 0 radical (unpaired) electrons. The fourth-order valence-corrected chi connectivity index (χ4v) is 1.95. The highest BCUT2D eigenvalue weighted by Crippen LogP contribution is 1.99. The number of rotatable bonds is 7. The predicted molar refractivity (Wildman–Crippen MR) is 81.5 cm³/mol. The number of aromatic nitrogens is 2. The largest absolute Gasteiger partial charge is 0.351 e. The molecule has 110 valence electrons. The van der Waals surface area contributed by atoms with E-state index in [0.29, 0.717) is 13.1 Å². The molecule has 2 aromatic rings. The van der Waals surface area contributed by atoms with Gasteiger partial charge in [-0.2, -0.15) is 0 Å². The summed E-state index contributed by atoms with van der Waals surface area (Å²) in [5.41, 5.74) is 2.23. The van der Waals surface area contributed by atoms with Gasteiger partial charge in [-0.15, -0.1) is 0 Å². The van der Waals surface area contributed by atoms with Crippen molar-refractivity contribution in [3.05, 3.63) is 60.2 Å². The number of pyridine rings is 2. The zero-order valence-electron chi connectivity index (χ0n) is 12.2. The summed E-state index contributed by atoms with van der Waals surface area (Å²) in [7, 11) is 1.95. The summed E-state index contributed by atoms with van der Waals surface area (Å²) < 4.78 is 0. The molecule has 0 fully saturated rings. The Morgan fingerprint density at radius 3 is 2.67 bits per heavy atom. The van der Waals surface area contributed by atoms with Crippen molar-refractivity contribution in [2.45, 2.75) is 13.0 Å². The maximum atomic E-state index is 11.9. The van der Waals surface area contributed by atoms with E-state index in [-0.39, 0.29) is 5.91 Å². The Morgan fingerprint density at radius 1 is 1.14 bits per heavy atom. The molecule has 5 nitrogen and oxygen atoms in total. The highest BCUT2D eigenvalue weighted by molar-refractivity contribution is 5.77. The molecule has 0 saturated heterocycles. The van der Waals surface area contributed by atoms with Gasteiger partial charge in [0.25, 0.3) is 0 Å². The molecule has 21 heavy (non-hydrogen) atoms. The zero-order valence-corrected chi connectivity index (χ0v) is 12.2. The van der Waals surface area contributed by atoms with Crippen LogP contribution in [0.1, 0.15) is 11.1 Å². The fraction of sp³-hybridized carbons (Fsp3) is 0.312. The topological polar surface area (TPSA) is 58.1 Å². The van der Waals surface area contributed by atoms with Crippen molar-refractivity contribution in [3.8, 4) is 0 Å². The van der Waals surface area contributed by atoms with E-state index in [4.69, 9.17) is 0 Å². The Hall–Kier alpha value is -2.27. The molecule has 1 amide bonds. The van der Waals surface area contributed by atoms with Gasteiger partial charge in [-0.1, -0.05) is 6.07 Å². The second kappa shape index (κ2) is 8.11. The summed E-state index contributed by atoms with van der Waals surface area (Å²) in [4.78, 5) is 21.9. The molecular weight excluding hydrogens is 264 g/mol. The van der Waals surface area contributed by atoms with Crippen molar-refractivity contribution in [2.24, 2.45) is 0 Å². The van der Waals surface area contributed by atoms with Crippen LogP contribution in [0.3, 0.4) is 0 Å². The SMILES string of the molecule is CN(CCc1ccncc1)CC(=O)NCc1cccnc1. The van der Waals surface area contributed by atoms with Crippen LogP contribution >= 0.6 is 0 Å². The molecule has 1 N–H and O–H groups in total. The quantitative estimate of drug-likeness (QED) is 0.832. The number of hydrogen-bond donors (Lipinski definition) is 1. The molecule has 0 spiro atoms. The first kappa shape index (κ1) is 15.1. The van der Waals surface area contributed by atoms with E-state index in [2.05, 4.69) is 15.3 Å². The van der Waals surface area contributed by atoms with E-state index in [1.165, 1.54) is 5.56 Å². The minimum absolute atomic E-state index is 0.0241. The molecule has 0 unspecified atom stereocenters. The summed E-state index contributed by atoms with van der Waals surface area (Å²) in [6, 6.07) is 7.80. The van der Waals surface area contributed by atoms with Crippen molar-refractivity contribution in [2.75, 3.05) is 20.1 Å². The van der Waals surface area contributed by atoms with Crippen LogP contribution in [0.5, 0.6) is 0 Å². The first-order chi connectivity index (χ1) is 10.2. The lowest BCUT2D eigenvalue weighted by Gasteiger charge is -2.16. The summed E-state index contributed by atoms with van der Waals surface area (Å²) in [6.45, 7) is 1.75. The first-order valence-corrected chi connectivity index (χ1v) is 6.97. The third-order valence-corrected chi connectivity index (χ3v) is 3.16. The van der Waals surface area contributed by atoms with Crippen molar-refractivity contribution in [1.29, 1.82) is 0 Å². The lowest BCUT2D eigenvalue weighted by atomic mass is 10.2. The van der Waals surface area contributed by atoms with E-state index < -0.39 is 0 Å². The van der Waals surface area contributed by atoms with Gasteiger partial charge >= 0.3 is 0 Å². The molecule has 0 saturated carbocycles.